The van der Waals surface area contributed by atoms with Gasteiger partial charge in [-0.25, -0.2) is 4.98 Å². The van der Waals surface area contributed by atoms with Gasteiger partial charge in [0.05, 0.1) is 22.5 Å². The van der Waals surface area contributed by atoms with E-state index in [4.69, 9.17) is 9.98 Å². The van der Waals surface area contributed by atoms with Crippen molar-refractivity contribution in [3.63, 3.8) is 0 Å². The molecule has 7 heteroatoms. The normalized spacial score (nSPS) is 34.3. The molecule has 1 aromatic carbocycles. The van der Waals surface area contributed by atoms with Gasteiger partial charge in [-0.3, -0.25) is 9.79 Å². The summed E-state index contributed by atoms with van der Waals surface area (Å²) >= 11 is 0. The average molecular weight is 441 g/mol. The molecule has 5 aliphatic carbocycles. The van der Waals surface area contributed by atoms with E-state index in [1.54, 1.807) is 0 Å². The summed E-state index contributed by atoms with van der Waals surface area (Å²) < 4.78 is 38.8. The van der Waals surface area contributed by atoms with Gasteiger partial charge in [-0.05, 0) is 74.8 Å². The Kier molecular flexibility index (Phi) is 4.28. The Morgan fingerprint density at radius 3 is 2.19 bits per heavy atom. The van der Waals surface area contributed by atoms with E-state index in [-0.39, 0.29) is 17.0 Å². The van der Waals surface area contributed by atoms with Gasteiger partial charge in [0.2, 0.25) is 0 Å². The van der Waals surface area contributed by atoms with Crippen LogP contribution in [0.4, 0.5) is 13.2 Å². The van der Waals surface area contributed by atoms with Crippen molar-refractivity contribution in [2.75, 3.05) is 0 Å². The highest BCUT2D eigenvalue weighted by Crippen LogP contribution is 2.57. The third-order valence-corrected chi connectivity index (χ3v) is 8.08. The summed E-state index contributed by atoms with van der Waals surface area (Å²) in [5.74, 6) is 2.74. The second-order valence-electron chi connectivity index (χ2n) is 10.6. The van der Waals surface area contributed by atoms with Gasteiger partial charge in [0.15, 0.2) is 0 Å². The lowest BCUT2D eigenvalue weighted by Crippen LogP contribution is -2.50. The van der Waals surface area contributed by atoms with Crippen molar-refractivity contribution < 1.29 is 13.2 Å². The van der Waals surface area contributed by atoms with Crippen LogP contribution in [-0.2, 0) is 12.6 Å². The molecule has 7 rings (SSSR count). The number of aromatic nitrogens is 2. The molecule has 4 saturated carbocycles. The molecule has 1 atom stereocenters. The van der Waals surface area contributed by atoms with Crippen molar-refractivity contribution in [1.29, 1.82) is 0 Å². The first-order chi connectivity index (χ1) is 15.2. The number of hydrogen-bond acceptors (Lipinski definition) is 3. The SMILES string of the molecule is CC1Cc2c(nc(-c3ccc(C(F)(F)F)cc3)[nH]c2=O)C1=NC12CC3CC(CC(C3)C1)C2. The van der Waals surface area contributed by atoms with Crippen LogP contribution in [0.3, 0.4) is 0 Å². The van der Waals surface area contributed by atoms with E-state index in [0.29, 0.717) is 29.1 Å². The van der Waals surface area contributed by atoms with Crippen LogP contribution in [0.5, 0.6) is 0 Å². The summed E-state index contributed by atoms with van der Waals surface area (Å²) in [6, 6.07) is 4.77. The van der Waals surface area contributed by atoms with Crippen molar-refractivity contribution in [2.24, 2.45) is 28.7 Å². The van der Waals surface area contributed by atoms with E-state index in [9.17, 15) is 18.0 Å². The van der Waals surface area contributed by atoms with E-state index in [0.717, 1.165) is 54.9 Å². The molecule has 0 amide bonds. The molecule has 4 bridgehead atoms. The standard InChI is InChI=1S/C25H26F3N3O/c1-13-6-19-21(20(13)31-24-10-14-7-15(11-24)9-16(8-14)12-24)29-22(30-23(19)32)17-2-4-18(5-3-17)25(26,27)28/h2-5,13-16H,6-12H2,1H3,(H,29,30,32). The number of nitrogens with zero attached hydrogens (tertiary/aromatic N) is 2. The predicted octanol–water partition coefficient (Wildman–Crippen LogP) is 5.41. The van der Waals surface area contributed by atoms with Crippen molar-refractivity contribution in [2.45, 2.75) is 63.6 Å². The summed E-state index contributed by atoms with van der Waals surface area (Å²) in [6.45, 7) is 2.10. The predicted molar refractivity (Wildman–Crippen MR) is 116 cm³/mol. The van der Waals surface area contributed by atoms with E-state index in [1.165, 1.54) is 31.4 Å². The molecule has 5 aliphatic rings. The summed E-state index contributed by atoms with van der Waals surface area (Å²) in [5, 5.41) is 0. The Morgan fingerprint density at radius 1 is 1.03 bits per heavy atom. The lowest BCUT2D eigenvalue weighted by molar-refractivity contribution is -0.137. The summed E-state index contributed by atoms with van der Waals surface area (Å²) in [4.78, 5) is 25.7. The first kappa shape index (κ1) is 20.2. The molecule has 4 nitrogen and oxygen atoms in total. The second-order valence-corrected chi connectivity index (χ2v) is 10.6. The van der Waals surface area contributed by atoms with Gasteiger partial charge in [-0.1, -0.05) is 19.1 Å². The van der Waals surface area contributed by atoms with Crippen molar-refractivity contribution in [3.05, 3.63) is 51.4 Å². The first-order valence-electron chi connectivity index (χ1n) is 11.6. The minimum absolute atomic E-state index is 0.0151. The Hall–Kier alpha value is -2.44. The maximum atomic E-state index is 12.9. The molecule has 0 saturated heterocycles. The van der Waals surface area contributed by atoms with Gasteiger partial charge in [0.1, 0.15) is 5.82 Å². The number of rotatable bonds is 2. The lowest BCUT2D eigenvalue weighted by atomic mass is 9.53. The zero-order valence-electron chi connectivity index (χ0n) is 18.0. The molecular weight excluding hydrogens is 415 g/mol. The van der Waals surface area contributed by atoms with E-state index in [1.807, 2.05) is 0 Å². The van der Waals surface area contributed by atoms with E-state index >= 15 is 0 Å². The number of aliphatic imine (C=N–C) groups is 1. The highest BCUT2D eigenvalue weighted by molar-refractivity contribution is 6.05. The van der Waals surface area contributed by atoms with Gasteiger partial charge in [-0.15, -0.1) is 0 Å². The Labute approximate surface area is 184 Å². The van der Waals surface area contributed by atoms with Crippen LogP contribution in [0.1, 0.15) is 62.3 Å². The molecule has 0 aliphatic heterocycles. The average Bonchev–Trinajstić information content (AvgIpc) is 3.02. The molecule has 1 aromatic heterocycles. The smallest absolute Gasteiger partial charge is 0.306 e. The number of aromatic amines is 1. The molecule has 2 aromatic rings. The van der Waals surface area contributed by atoms with Crippen LogP contribution in [0.2, 0.25) is 0 Å². The van der Waals surface area contributed by atoms with Crippen molar-refractivity contribution in [3.8, 4) is 11.4 Å². The van der Waals surface area contributed by atoms with Crippen molar-refractivity contribution in [1.82, 2.24) is 9.97 Å². The number of halogens is 3. The second kappa shape index (κ2) is 6.78. The Balaban J connectivity index is 1.40. The number of fused-ring (bicyclic) bond motifs is 1. The molecule has 1 N–H and O–H groups in total. The van der Waals surface area contributed by atoms with Crippen LogP contribution >= 0.6 is 0 Å². The number of benzene rings is 1. The summed E-state index contributed by atoms with van der Waals surface area (Å²) in [6.07, 6.45) is 3.64. The molecule has 1 unspecified atom stereocenters. The third kappa shape index (κ3) is 3.23. The molecule has 1 heterocycles. The number of alkyl halides is 3. The summed E-state index contributed by atoms with van der Waals surface area (Å²) in [5.41, 5.74) is 1.73. The van der Waals surface area contributed by atoms with Gasteiger partial charge < -0.3 is 4.98 Å². The molecule has 32 heavy (non-hydrogen) atoms. The van der Waals surface area contributed by atoms with Crippen LogP contribution in [0, 0.1) is 23.7 Å². The topological polar surface area (TPSA) is 58.1 Å². The van der Waals surface area contributed by atoms with Crippen LogP contribution < -0.4 is 5.56 Å². The van der Waals surface area contributed by atoms with E-state index in [2.05, 4.69) is 11.9 Å². The monoisotopic (exact) mass is 441 g/mol. The minimum atomic E-state index is -4.40. The molecule has 0 spiro atoms. The molecule has 168 valence electrons. The Bertz CT molecular complexity index is 1130. The zero-order chi connectivity index (χ0) is 22.3. The highest BCUT2D eigenvalue weighted by Gasteiger charge is 2.51. The maximum Gasteiger partial charge on any atom is 0.416 e. The first-order valence-corrected chi connectivity index (χ1v) is 11.6. The minimum Gasteiger partial charge on any atom is -0.306 e. The van der Waals surface area contributed by atoms with Gasteiger partial charge in [0.25, 0.3) is 5.56 Å². The zero-order valence-corrected chi connectivity index (χ0v) is 18.0. The van der Waals surface area contributed by atoms with Gasteiger partial charge >= 0.3 is 6.18 Å². The number of hydrogen-bond donors (Lipinski definition) is 1. The molecule has 4 fully saturated rings. The fourth-order valence-electron chi connectivity index (χ4n) is 7.11. The number of nitrogens with one attached hydrogen (secondary N) is 1. The fraction of sp³-hybridized carbons (Fsp3) is 0.560. The van der Waals surface area contributed by atoms with Gasteiger partial charge in [-0.2, -0.15) is 13.2 Å². The van der Waals surface area contributed by atoms with Gasteiger partial charge in [0, 0.05) is 17.0 Å². The quantitative estimate of drug-likeness (QED) is 0.678. The largest absolute Gasteiger partial charge is 0.416 e. The van der Waals surface area contributed by atoms with Crippen LogP contribution in [-0.4, -0.2) is 21.2 Å². The third-order valence-electron chi connectivity index (χ3n) is 8.08. The highest BCUT2D eigenvalue weighted by atomic mass is 19.4. The van der Waals surface area contributed by atoms with E-state index < -0.39 is 11.7 Å². The number of H-pyrrole nitrogens is 1. The summed E-state index contributed by atoms with van der Waals surface area (Å²) in [7, 11) is 0. The van der Waals surface area contributed by atoms with Crippen LogP contribution in [0.15, 0.2) is 34.1 Å². The Morgan fingerprint density at radius 2 is 1.62 bits per heavy atom. The van der Waals surface area contributed by atoms with Crippen LogP contribution in [0.25, 0.3) is 11.4 Å². The molecule has 0 radical (unpaired) electrons. The fourth-order valence-corrected chi connectivity index (χ4v) is 7.11. The maximum absolute atomic E-state index is 12.9. The molecular formula is C25H26F3N3O. The van der Waals surface area contributed by atoms with Crippen molar-refractivity contribution >= 4 is 5.71 Å². The lowest BCUT2D eigenvalue weighted by Gasteiger charge is -2.55.